The largest absolute Gasteiger partial charge is 0.508 e. The van der Waals surface area contributed by atoms with Gasteiger partial charge in [-0.15, -0.1) is 0 Å². The molecule has 1 saturated carbocycles. The molecular weight excluding hydrogens is 475 g/mol. The van der Waals surface area contributed by atoms with Crippen molar-refractivity contribution in [3.63, 3.8) is 0 Å². The first kappa shape index (κ1) is 17.8. The van der Waals surface area contributed by atoms with Crippen LogP contribution in [0.15, 0.2) is 18.2 Å². The molecule has 1 aromatic rings. The molecule has 1 radical (unpaired) electrons. The molecule has 21 heavy (non-hydrogen) atoms. The number of fused-ring (bicyclic) bond motifs is 3. The number of ether oxygens (including phenoxy) is 1. The van der Waals surface area contributed by atoms with E-state index in [4.69, 9.17) is 4.74 Å². The maximum absolute atomic E-state index is 9.90. The number of phenolic OH excluding ortho intramolecular Hbond substituents is 1. The second-order valence-corrected chi connectivity index (χ2v) is 7.29. The van der Waals surface area contributed by atoms with E-state index in [1.165, 1.54) is 36.8 Å². The molecule has 0 bridgehead atoms. The van der Waals surface area contributed by atoms with Crippen LogP contribution in [-0.4, -0.2) is 18.8 Å². The molecule has 3 atom stereocenters. The van der Waals surface area contributed by atoms with Crippen molar-refractivity contribution in [1.29, 1.82) is 0 Å². The molecule has 0 spiro atoms. The van der Waals surface area contributed by atoms with Crippen LogP contribution in [0.4, 0.5) is 0 Å². The zero-order valence-electron chi connectivity index (χ0n) is 13.5. The number of aryl methyl sites for hydroxylation is 1. The van der Waals surface area contributed by atoms with Gasteiger partial charge in [-0.25, -0.2) is 0 Å². The molecule has 2 aliphatic rings. The summed E-state index contributed by atoms with van der Waals surface area (Å²) in [5, 5.41) is 9.90. The van der Waals surface area contributed by atoms with E-state index in [0.29, 0.717) is 11.7 Å². The van der Waals surface area contributed by atoms with Crippen LogP contribution >= 0.6 is 0 Å². The first-order chi connectivity index (χ1) is 9.49. The van der Waals surface area contributed by atoms with Crippen molar-refractivity contribution in [2.45, 2.75) is 51.4 Å². The summed E-state index contributed by atoms with van der Waals surface area (Å²) >= 11 is 0. The fourth-order valence-corrected chi connectivity index (χ4v) is 5.08. The van der Waals surface area contributed by atoms with Crippen LogP contribution in [-0.2, 0) is 16.6 Å². The average Bonchev–Trinajstić information content (AvgIpc) is 2.39. The zero-order valence-corrected chi connectivity index (χ0v) is 18.2. The summed E-state index contributed by atoms with van der Waals surface area (Å²) in [5.74, 6) is 1.06. The molecule has 113 valence electrons. The Morgan fingerprint density at radius 3 is 2.76 bits per heavy atom. The molecule has 2 nitrogen and oxygen atoms in total. The van der Waals surface area contributed by atoms with Crippen molar-refractivity contribution in [3.8, 4) is 5.75 Å². The van der Waals surface area contributed by atoms with Crippen LogP contribution in [0.3, 0.4) is 0 Å². The summed E-state index contributed by atoms with van der Waals surface area (Å²) in [7, 11) is 1.82. The fraction of sp³-hybridized carbons (Fsp3) is 0.667. The predicted octanol–water partition coefficient (Wildman–Crippen LogP) is 4.05. The minimum atomic E-state index is 0. The van der Waals surface area contributed by atoms with Gasteiger partial charge in [0.05, 0.1) is 6.61 Å². The van der Waals surface area contributed by atoms with Crippen LogP contribution in [0.1, 0.15) is 50.7 Å². The molecule has 1 fully saturated rings. The topological polar surface area (TPSA) is 29.5 Å². The average molecular weight is 501 g/mol. The van der Waals surface area contributed by atoms with Gasteiger partial charge in [0, 0.05) is 51.2 Å². The molecule has 3 heteroatoms. The Labute approximate surface area is 164 Å². The van der Waals surface area contributed by atoms with Crippen LogP contribution < -0.4 is 0 Å². The van der Waals surface area contributed by atoms with E-state index in [1.807, 2.05) is 19.2 Å². The number of phenols is 1. The maximum atomic E-state index is 9.90. The zero-order chi connectivity index (χ0) is 14.4. The van der Waals surface area contributed by atoms with Crippen LogP contribution in [0.5, 0.6) is 5.75 Å². The fourth-order valence-electron chi connectivity index (χ4n) is 5.08. The van der Waals surface area contributed by atoms with Gasteiger partial charge in [0.2, 0.25) is 0 Å². The van der Waals surface area contributed by atoms with Crippen molar-refractivity contribution in [1.82, 2.24) is 0 Å². The van der Waals surface area contributed by atoms with Gasteiger partial charge < -0.3 is 9.84 Å². The second kappa shape index (κ2) is 6.50. The Bertz CT molecular complexity index is 512. The van der Waals surface area contributed by atoms with Crippen molar-refractivity contribution in [2.24, 2.45) is 11.3 Å². The maximum Gasteiger partial charge on any atom is 0.115 e. The molecule has 3 rings (SSSR count). The third-order valence-corrected chi connectivity index (χ3v) is 5.94. The Morgan fingerprint density at radius 2 is 2.05 bits per heavy atom. The summed E-state index contributed by atoms with van der Waals surface area (Å²) in [5.41, 5.74) is 3.28. The molecule has 0 aliphatic heterocycles. The van der Waals surface area contributed by atoms with Crippen molar-refractivity contribution in [3.05, 3.63) is 29.3 Å². The van der Waals surface area contributed by atoms with E-state index in [2.05, 4.69) is 19.9 Å². The summed E-state index contributed by atoms with van der Waals surface area (Å²) in [6.07, 6.45) is 6.12. The molecular formula is C18H26AcO2. The smallest absolute Gasteiger partial charge is 0.115 e. The Morgan fingerprint density at radius 1 is 1.29 bits per heavy atom. The number of benzene rings is 1. The molecule has 0 aromatic heterocycles. The Balaban J connectivity index is 0.00000161. The van der Waals surface area contributed by atoms with Crippen LogP contribution in [0.25, 0.3) is 0 Å². The molecule has 0 amide bonds. The van der Waals surface area contributed by atoms with Crippen molar-refractivity contribution in [2.75, 3.05) is 13.7 Å². The standard InChI is InChI=1S/C18H26O2.Ac/c1-17(12-20-3)9-4-10-18(2)15-11-14(19)7-5-13(15)6-8-16(17)18;/h5,7,11,16,19H,4,6,8-10,12H2,1-3H3;/t16-,17+,18+;/m0./s1. The van der Waals surface area contributed by atoms with Gasteiger partial charge in [-0.1, -0.05) is 26.3 Å². The molecule has 0 unspecified atom stereocenters. The van der Waals surface area contributed by atoms with E-state index in [1.54, 1.807) is 0 Å². The minimum absolute atomic E-state index is 0. The van der Waals surface area contributed by atoms with E-state index >= 15 is 0 Å². The minimum Gasteiger partial charge on any atom is -0.508 e. The van der Waals surface area contributed by atoms with Gasteiger partial charge in [-0.2, -0.15) is 0 Å². The monoisotopic (exact) mass is 501 g/mol. The van der Waals surface area contributed by atoms with Gasteiger partial charge >= 0.3 is 0 Å². The van der Waals surface area contributed by atoms with E-state index in [0.717, 1.165) is 13.0 Å². The second-order valence-electron chi connectivity index (χ2n) is 7.29. The van der Waals surface area contributed by atoms with Crippen molar-refractivity contribution >= 4 is 0 Å². The first-order valence-corrected chi connectivity index (χ1v) is 7.81. The number of methoxy groups -OCH3 is 1. The summed E-state index contributed by atoms with van der Waals surface area (Å²) < 4.78 is 5.54. The molecule has 0 saturated heterocycles. The predicted molar refractivity (Wildman–Crippen MR) is 81.1 cm³/mol. The normalized spacial score (nSPS) is 34.5. The summed E-state index contributed by atoms with van der Waals surface area (Å²) in [4.78, 5) is 0. The molecule has 0 heterocycles. The number of aromatic hydroxyl groups is 1. The first-order valence-electron chi connectivity index (χ1n) is 7.81. The number of rotatable bonds is 2. The summed E-state index contributed by atoms with van der Waals surface area (Å²) in [6, 6.07) is 5.97. The third kappa shape index (κ3) is 2.96. The van der Waals surface area contributed by atoms with Gasteiger partial charge in [0.1, 0.15) is 5.75 Å². The third-order valence-electron chi connectivity index (χ3n) is 5.94. The molecule has 2 aliphatic carbocycles. The number of hydrogen-bond donors (Lipinski definition) is 1. The Kier molecular flexibility index (Phi) is 5.50. The van der Waals surface area contributed by atoms with Gasteiger partial charge in [-0.05, 0) is 65.7 Å². The van der Waals surface area contributed by atoms with Gasteiger partial charge in [0.15, 0.2) is 0 Å². The SMILES string of the molecule is COC[C@@]1(C)CCC[C@]2(C)c3cc(O)ccc3CC[C@@H]12.[Ac]. The van der Waals surface area contributed by atoms with Gasteiger partial charge in [-0.3, -0.25) is 0 Å². The van der Waals surface area contributed by atoms with E-state index in [9.17, 15) is 5.11 Å². The molecule has 1 N–H and O–H groups in total. The summed E-state index contributed by atoms with van der Waals surface area (Å²) in [6.45, 7) is 5.65. The van der Waals surface area contributed by atoms with Crippen LogP contribution in [0.2, 0.25) is 0 Å². The molecule has 1 aromatic carbocycles. The number of hydrogen-bond acceptors (Lipinski definition) is 2. The van der Waals surface area contributed by atoms with E-state index < -0.39 is 0 Å². The van der Waals surface area contributed by atoms with Crippen molar-refractivity contribution < 1.29 is 53.9 Å². The Hall–Kier alpha value is 0.422. The van der Waals surface area contributed by atoms with Gasteiger partial charge in [0.25, 0.3) is 0 Å². The van der Waals surface area contributed by atoms with Crippen LogP contribution in [0, 0.1) is 55.4 Å². The quantitative estimate of drug-likeness (QED) is 0.663. The van der Waals surface area contributed by atoms with E-state index in [-0.39, 0.29) is 54.9 Å².